The average molecular weight is 353 g/mol. The monoisotopic (exact) mass is 353 g/mol. The Kier molecular flexibility index (Phi) is 6.62. The second-order valence-corrected chi connectivity index (χ2v) is 8.19. The van der Waals surface area contributed by atoms with Crippen LogP contribution >= 0.6 is 0 Å². The van der Waals surface area contributed by atoms with Gasteiger partial charge in [0.1, 0.15) is 11.6 Å². The van der Waals surface area contributed by atoms with Gasteiger partial charge in [-0.3, -0.25) is 0 Å². The van der Waals surface area contributed by atoms with Crippen LogP contribution in [0.2, 0.25) is 0 Å². The molecule has 1 atom stereocenters. The average Bonchev–Trinajstić information content (AvgIpc) is 2.82. The van der Waals surface area contributed by atoms with E-state index >= 15 is 0 Å². The van der Waals surface area contributed by atoms with Gasteiger partial charge < -0.3 is 19.4 Å². The maximum absolute atomic E-state index is 12.1. The Bertz CT molecular complexity index is 600. The third kappa shape index (κ3) is 6.40. The van der Waals surface area contributed by atoms with Crippen LogP contribution < -0.4 is 5.32 Å². The molecule has 1 heterocycles. The van der Waals surface area contributed by atoms with Crippen molar-refractivity contribution in [1.82, 2.24) is 14.9 Å². The molecule has 7 nitrogen and oxygen atoms in total. The first kappa shape index (κ1) is 21.0. The van der Waals surface area contributed by atoms with Crippen LogP contribution in [0.4, 0.5) is 4.79 Å². The van der Waals surface area contributed by atoms with Crippen LogP contribution in [0.25, 0.3) is 0 Å². The first-order chi connectivity index (χ1) is 11.4. The van der Waals surface area contributed by atoms with Crippen LogP contribution in [0.5, 0.6) is 0 Å². The zero-order chi connectivity index (χ0) is 19.4. The van der Waals surface area contributed by atoms with Gasteiger partial charge in [0.15, 0.2) is 0 Å². The minimum atomic E-state index is -0.572. The molecule has 0 aliphatic rings. The molecule has 0 aliphatic carbocycles. The SMILES string of the molecule is COC(=O)C(C(C)C)n1cncc1CC(C)(C)NC(=O)OC(C)(C)C. The molecule has 0 bridgehead atoms. The summed E-state index contributed by atoms with van der Waals surface area (Å²) in [7, 11) is 1.38. The first-order valence-electron chi connectivity index (χ1n) is 8.46. The van der Waals surface area contributed by atoms with Crippen molar-refractivity contribution in [3.05, 3.63) is 18.2 Å². The van der Waals surface area contributed by atoms with Gasteiger partial charge in [0, 0.05) is 23.9 Å². The van der Waals surface area contributed by atoms with Crippen molar-refractivity contribution >= 4 is 12.1 Å². The standard InChI is InChI=1S/C18H31N3O4/c1-12(2)14(15(22)24-8)21-11-19-10-13(21)9-18(6,7)20-16(23)25-17(3,4)5/h10-12,14H,9H2,1-8H3,(H,20,23). The van der Waals surface area contributed by atoms with Crippen LogP contribution in [-0.2, 0) is 20.7 Å². The predicted octanol–water partition coefficient (Wildman–Crippen LogP) is 3.10. The minimum Gasteiger partial charge on any atom is -0.467 e. The van der Waals surface area contributed by atoms with Gasteiger partial charge in [-0.1, -0.05) is 13.8 Å². The van der Waals surface area contributed by atoms with Gasteiger partial charge >= 0.3 is 12.1 Å². The molecule has 25 heavy (non-hydrogen) atoms. The summed E-state index contributed by atoms with van der Waals surface area (Å²) in [5, 5.41) is 2.87. The number of amides is 1. The summed E-state index contributed by atoms with van der Waals surface area (Å²) in [4.78, 5) is 28.4. The van der Waals surface area contributed by atoms with Crippen molar-refractivity contribution in [1.29, 1.82) is 0 Å². The molecule has 1 aromatic rings. The molecule has 1 unspecified atom stereocenters. The van der Waals surface area contributed by atoms with E-state index in [1.54, 1.807) is 12.5 Å². The quantitative estimate of drug-likeness (QED) is 0.795. The third-order valence-corrected chi connectivity index (χ3v) is 3.58. The Balaban J connectivity index is 2.95. The maximum atomic E-state index is 12.1. The number of carbonyl (C=O) groups excluding carboxylic acids is 2. The molecule has 0 aromatic carbocycles. The van der Waals surface area contributed by atoms with E-state index in [1.807, 2.05) is 53.0 Å². The topological polar surface area (TPSA) is 82.5 Å². The van der Waals surface area contributed by atoms with E-state index in [4.69, 9.17) is 9.47 Å². The van der Waals surface area contributed by atoms with Crippen LogP contribution in [-0.4, -0.2) is 39.9 Å². The lowest BCUT2D eigenvalue weighted by Gasteiger charge is -2.30. The summed E-state index contributed by atoms with van der Waals surface area (Å²) in [6, 6.07) is -0.458. The number of aromatic nitrogens is 2. The van der Waals surface area contributed by atoms with Crippen LogP contribution in [0.3, 0.4) is 0 Å². The highest BCUT2D eigenvalue weighted by Crippen LogP contribution is 2.24. The molecule has 7 heteroatoms. The van der Waals surface area contributed by atoms with Crippen molar-refractivity contribution in [3.63, 3.8) is 0 Å². The highest BCUT2D eigenvalue weighted by Gasteiger charge is 2.30. The van der Waals surface area contributed by atoms with Crippen molar-refractivity contribution in [2.45, 2.75) is 72.1 Å². The lowest BCUT2D eigenvalue weighted by molar-refractivity contribution is -0.146. The molecule has 0 saturated heterocycles. The van der Waals surface area contributed by atoms with Crippen LogP contribution in [0.15, 0.2) is 12.5 Å². The number of methoxy groups -OCH3 is 1. The predicted molar refractivity (Wildman–Crippen MR) is 95.3 cm³/mol. The van der Waals surface area contributed by atoms with Gasteiger partial charge in [0.05, 0.1) is 13.4 Å². The molecule has 0 aliphatic heterocycles. The lowest BCUT2D eigenvalue weighted by Crippen LogP contribution is -2.47. The largest absolute Gasteiger partial charge is 0.467 e. The second kappa shape index (κ2) is 7.89. The fourth-order valence-corrected chi connectivity index (χ4v) is 2.62. The van der Waals surface area contributed by atoms with E-state index in [2.05, 4.69) is 10.3 Å². The number of ether oxygens (including phenoxy) is 2. The Morgan fingerprint density at radius 3 is 2.32 bits per heavy atom. The summed E-state index contributed by atoms with van der Waals surface area (Å²) in [5.41, 5.74) is -0.294. The second-order valence-electron chi connectivity index (χ2n) is 8.19. The number of nitrogens with one attached hydrogen (secondary N) is 1. The highest BCUT2D eigenvalue weighted by molar-refractivity contribution is 5.74. The Morgan fingerprint density at radius 1 is 1.24 bits per heavy atom. The lowest BCUT2D eigenvalue weighted by atomic mass is 9.97. The number of imidazole rings is 1. The number of esters is 1. The van der Waals surface area contributed by atoms with E-state index in [-0.39, 0.29) is 11.9 Å². The summed E-state index contributed by atoms with van der Waals surface area (Å²) >= 11 is 0. The van der Waals surface area contributed by atoms with Crippen molar-refractivity contribution in [2.24, 2.45) is 5.92 Å². The zero-order valence-electron chi connectivity index (χ0n) is 16.5. The van der Waals surface area contributed by atoms with E-state index < -0.39 is 23.3 Å². The molecule has 1 rings (SSSR count). The Morgan fingerprint density at radius 2 is 1.84 bits per heavy atom. The van der Waals surface area contributed by atoms with Crippen LogP contribution in [0.1, 0.15) is 60.2 Å². The maximum Gasteiger partial charge on any atom is 0.408 e. The fraction of sp³-hybridized carbons (Fsp3) is 0.722. The molecule has 0 fully saturated rings. The van der Waals surface area contributed by atoms with Gasteiger partial charge in [-0.05, 0) is 40.5 Å². The van der Waals surface area contributed by atoms with Gasteiger partial charge in [-0.2, -0.15) is 0 Å². The van der Waals surface area contributed by atoms with Gasteiger partial charge in [0.25, 0.3) is 0 Å². The number of nitrogens with zero attached hydrogens (tertiary/aromatic N) is 2. The number of hydrogen-bond acceptors (Lipinski definition) is 5. The van der Waals surface area contributed by atoms with Crippen molar-refractivity contribution in [2.75, 3.05) is 7.11 Å². The first-order valence-corrected chi connectivity index (χ1v) is 8.46. The molecule has 1 N–H and O–H groups in total. The number of carbonyl (C=O) groups is 2. The molecular formula is C18H31N3O4. The summed E-state index contributed by atoms with van der Waals surface area (Å²) < 4.78 is 12.1. The summed E-state index contributed by atoms with van der Waals surface area (Å²) in [6.45, 7) is 13.2. The highest BCUT2D eigenvalue weighted by atomic mass is 16.6. The molecule has 1 amide bonds. The van der Waals surface area contributed by atoms with Crippen molar-refractivity contribution < 1.29 is 19.1 Å². The van der Waals surface area contributed by atoms with E-state index in [9.17, 15) is 9.59 Å². The molecule has 0 saturated carbocycles. The molecule has 1 aromatic heterocycles. The zero-order valence-corrected chi connectivity index (χ0v) is 16.5. The van der Waals surface area contributed by atoms with Crippen LogP contribution in [0, 0.1) is 5.92 Å². The van der Waals surface area contributed by atoms with E-state index in [0.717, 1.165) is 5.69 Å². The third-order valence-electron chi connectivity index (χ3n) is 3.58. The normalized spacial score (nSPS) is 13.5. The van der Waals surface area contributed by atoms with Gasteiger partial charge in [-0.15, -0.1) is 0 Å². The van der Waals surface area contributed by atoms with E-state index in [0.29, 0.717) is 6.42 Å². The number of hydrogen-bond donors (Lipinski definition) is 1. The van der Waals surface area contributed by atoms with Gasteiger partial charge in [-0.25, -0.2) is 14.6 Å². The smallest absolute Gasteiger partial charge is 0.408 e. The Labute approximate surface area is 150 Å². The number of rotatable bonds is 6. The number of alkyl carbamates (subject to hydrolysis) is 1. The summed E-state index contributed by atoms with van der Waals surface area (Å²) in [6.07, 6.45) is 3.35. The van der Waals surface area contributed by atoms with Gasteiger partial charge in [0.2, 0.25) is 0 Å². The molecular weight excluding hydrogens is 322 g/mol. The summed E-state index contributed by atoms with van der Waals surface area (Å²) in [5.74, 6) is -0.269. The molecule has 0 spiro atoms. The van der Waals surface area contributed by atoms with E-state index in [1.165, 1.54) is 7.11 Å². The minimum absolute atomic E-state index is 0.0438. The fourth-order valence-electron chi connectivity index (χ4n) is 2.62. The molecule has 0 radical (unpaired) electrons. The van der Waals surface area contributed by atoms with Crippen molar-refractivity contribution in [3.8, 4) is 0 Å². The Hall–Kier alpha value is -2.05. The molecule has 142 valence electrons.